The van der Waals surface area contributed by atoms with E-state index in [0.29, 0.717) is 0 Å². The maximum atomic E-state index is 9.97. The molecule has 0 aromatic heterocycles. The van der Waals surface area contributed by atoms with Crippen LogP contribution < -0.4 is 5.32 Å². The van der Waals surface area contributed by atoms with Crippen molar-refractivity contribution in [1.29, 1.82) is 0 Å². The van der Waals surface area contributed by atoms with Crippen LogP contribution in [0.2, 0.25) is 0 Å². The van der Waals surface area contributed by atoms with Gasteiger partial charge in [-0.3, -0.25) is 0 Å². The molecule has 2 heteroatoms. The lowest BCUT2D eigenvalue weighted by Crippen LogP contribution is -2.41. The maximum Gasteiger partial charge on any atom is 0.0661 e. The topological polar surface area (TPSA) is 32.3 Å². The Bertz CT molecular complexity index is 418. The third kappa shape index (κ3) is 3.76. The summed E-state index contributed by atoms with van der Waals surface area (Å²) < 4.78 is 0. The molecule has 1 saturated carbocycles. The van der Waals surface area contributed by atoms with Crippen molar-refractivity contribution in [3.63, 3.8) is 0 Å². The molecular weight excluding hydrogens is 246 g/mol. The zero-order valence-electron chi connectivity index (χ0n) is 13.0. The molecule has 1 fully saturated rings. The third-order valence-electron chi connectivity index (χ3n) is 4.84. The lowest BCUT2D eigenvalue weighted by atomic mass is 9.89. The molecule has 2 nitrogen and oxygen atoms in total. The van der Waals surface area contributed by atoms with Crippen molar-refractivity contribution in [3.8, 4) is 0 Å². The van der Waals surface area contributed by atoms with E-state index in [1.807, 2.05) is 0 Å². The number of hydrogen-bond donors (Lipinski definition) is 2. The van der Waals surface area contributed by atoms with E-state index in [-0.39, 0.29) is 12.1 Å². The van der Waals surface area contributed by atoms with Gasteiger partial charge >= 0.3 is 0 Å². The van der Waals surface area contributed by atoms with E-state index in [0.717, 1.165) is 18.8 Å². The molecule has 112 valence electrons. The van der Waals surface area contributed by atoms with E-state index in [9.17, 15) is 5.11 Å². The van der Waals surface area contributed by atoms with Crippen LogP contribution >= 0.6 is 0 Å². The Morgan fingerprint density at radius 2 is 2.05 bits per heavy atom. The van der Waals surface area contributed by atoms with E-state index >= 15 is 0 Å². The molecule has 1 aromatic carbocycles. The van der Waals surface area contributed by atoms with Gasteiger partial charge in [-0.05, 0) is 43.7 Å². The van der Waals surface area contributed by atoms with Gasteiger partial charge in [-0.2, -0.15) is 0 Å². The molecule has 1 aromatic rings. The van der Waals surface area contributed by atoms with Gasteiger partial charge in [0.05, 0.1) is 12.1 Å². The van der Waals surface area contributed by atoms with Crippen LogP contribution in [0.15, 0.2) is 24.3 Å². The number of benzene rings is 1. The van der Waals surface area contributed by atoms with Gasteiger partial charge < -0.3 is 10.4 Å². The van der Waals surface area contributed by atoms with Crippen LogP contribution in [-0.4, -0.2) is 17.3 Å². The highest BCUT2D eigenvalue weighted by Gasteiger charge is 2.32. The number of hydrogen-bond acceptors (Lipinski definition) is 2. The van der Waals surface area contributed by atoms with Crippen LogP contribution in [0, 0.1) is 12.8 Å². The molecule has 1 aliphatic rings. The molecule has 0 aliphatic heterocycles. The number of nitrogens with one attached hydrogen (secondary N) is 1. The second-order valence-electron chi connectivity index (χ2n) is 6.46. The van der Waals surface area contributed by atoms with Gasteiger partial charge in [0.2, 0.25) is 0 Å². The fourth-order valence-electron chi connectivity index (χ4n) is 3.50. The minimum atomic E-state index is -0.116. The predicted octanol–water partition coefficient (Wildman–Crippen LogP) is 4.52. The Morgan fingerprint density at radius 3 is 2.75 bits per heavy atom. The first-order valence-corrected chi connectivity index (χ1v) is 8.14. The largest absolute Gasteiger partial charge is 0.394 e. The van der Waals surface area contributed by atoms with E-state index in [1.165, 1.54) is 43.4 Å². The number of aryl methyl sites for hydroxylation is 1. The minimum Gasteiger partial charge on any atom is -0.394 e. The van der Waals surface area contributed by atoms with Crippen LogP contribution in [0.3, 0.4) is 0 Å². The van der Waals surface area contributed by atoms with Gasteiger partial charge in [-0.1, -0.05) is 50.8 Å². The van der Waals surface area contributed by atoms with Crippen LogP contribution in [0.5, 0.6) is 0 Å². The summed E-state index contributed by atoms with van der Waals surface area (Å²) >= 11 is 0. The Labute approximate surface area is 123 Å². The number of rotatable bonds is 5. The highest BCUT2D eigenvalue weighted by atomic mass is 16.3. The van der Waals surface area contributed by atoms with Gasteiger partial charge in [0.1, 0.15) is 0 Å². The lowest BCUT2D eigenvalue weighted by molar-refractivity contribution is 0.194. The summed E-state index contributed by atoms with van der Waals surface area (Å²) in [4.78, 5) is 0. The van der Waals surface area contributed by atoms with Gasteiger partial charge in [0.25, 0.3) is 0 Å². The molecule has 0 amide bonds. The van der Waals surface area contributed by atoms with Crippen LogP contribution in [-0.2, 0) is 0 Å². The second-order valence-corrected chi connectivity index (χ2v) is 6.46. The molecule has 0 spiro atoms. The Balaban J connectivity index is 2.08. The zero-order chi connectivity index (χ0) is 14.4. The fourth-order valence-corrected chi connectivity index (χ4v) is 3.50. The molecule has 1 aliphatic carbocycles. The molecule has 2 rings (SSSR count). The van der Waals surface area contributed by atoms with Gasteiger partial charge in [-0.25, -0.2) is 0 Å². The summed E-state index contributed by atoms with van der Waals surface area (Å²) in [6.45, 7) is 4.64. The summed E-state index contributed by atoms with van der Waals surface area (Å²) in [5, 5.41) is 13.6. The first-order valence-electron chi connectivity index (χ1n) is 8.14. The normalized spacial score (nSPS) is 27.1. The molecule has 2 atom stereocenters. The van der Waals surface area contributed by atoms with Crippen molar-refractivity contribution in [3.05, 3.63) is 29.8 Å². The highest BCUT2D eigenvalue weighted by molar-refractivity contribution is 5.52. The fraction of sp³-hybridized carbons (Fsp3) is 0.667. The first-order chi connectivity index (χ1) is 9.69. The molecule has 2 N–H and O–H groups in total. The molecular formula is C18H29NO. The number of aliphatic hydroxyl groups is 1. The van der Waals surface area contributed by atoms with Crippen molar-refractivity contribution in [2.24, 2.45) is 5.92 Å². The third-order valence-corrected chi connectivity index (χ3v) is 4.84. The highest BCUT2D eigenvalue weighted by Crippen LogP contribution is 2.35. The van der Waals surface area contributed by atoms with E-state index < -0.39 is 0 Å². The van der Waals surface area contributed by atoms with E-state index in [2.05, 4.69) is 43.4 Å². The summed E-state index contributed by atoms with van der Waals surface area (Å²) in [5.74, 6) is 0.854. The second kappa shape index (κ2) is 7.12. The van der Waals surface area contributed by atoms with Crippen molar-refractivity contribution >= 4 is 5.69 Å². The van der Waals surface area contributed by atoms with Crippen molar-refractivity contribution < 1.29 is 5.11 Å². The number of aliphatic hydroxyl groups excluding tert-OH is 1. The quantitative estimate of drug-likeness (QED) is 0.774. The number of para-hydroxylation sites is 1. The molecule has 0 bridgehead atoms. The molecule has 0 heterocycles. The summed E-state index contributed by atoms with van der Waals surface area (Å²) in [5.41, 5.74) is 2.32. The summed E-state index contributed by atoms with van der Waals surface area (Å²) in [7, 11) is 0. The Hall–Kier alpha value is -1.02. The van der Waals surface area contributed by atoms with Gasteiger partial charge in [-0.15, -0.1) is 0 Å². The monoisotopic (exact) mass is 275 g/mol. The van der Waals surface area contributed by atoms with Crippen LogP contribution in [0.4, 0.5) is 5.69 Å². The van der Waals surface area contributed by atoms with Crippen molar-refractivity contribution in [2.45, 2.75) is 64.3 Å². The average molecular weight is 275 g/mol. The van der Waals surface area contributed by atoms with Crippen LogP contribution in [0.1, 0.15) is 57.4 Å². The SMILES string of the molecule is CCCC1CCCC(CO)(Nc2ccccc2C)CC1. The maximum absolute atomic E-state index is 9.97. The van der Waals surface area contributed by atoms with E-state index in [4.69, 9.17) is 0 Å². The molecule has 0 radical (unpaired) electrons. The van der Waals surface area contributed by atoms with Crippen LogP contribution in [0.25, 0.3) is 0 Å². The van der Waals surface area contributed by atoms with Gasteiger partial charge in [0.15, 0.2) is 0 Å². The van der Waals surface area contributed by atoms with Crippen molar-refractivity contribution in [2.75, 3.05) is 11.9 Å². The predicted molar refractivity (Wildman–Crippen MR) is 86.1 cm³/mol. The Kier molecular flexibility index (Phi) is 5.47. The molecule has 2 unspecified atom stereocenters. The number of anilines is 1. The average Bonchev–Trinajstić information content (AvgIpc) is 2.66. The summed E-state index contributed by atoms with van der Waals surface area (Å²) in [6, 6.07) is 8.39. The summed E-state index contributed by atoms with van der Waals surface area (Å²) in [6.07, 6.45) is 8.58. The zero-order valence-corrected chi connectivity index (χ0v) is 13.0. The van der Waals surface area contributed by atoms with Crippen molar-refractivity contribution in [1.82, 2.24) is 0 Å². The standard InChI is InChI=1S/C18H29NO/c1-3-7-16-9-6-12-18(14-20,13-11-16)19-17-10-5-4-8-15(17)2/h4-5,8,10,16,19-20H,3,6-7,9,11-14H2,1-2H3. The van der Waals surface area contributed by atoms with Gasteiger partial charge in [0, 0.05) is 5.69 Å². The van der Waals surface area contributed by atoms with E-state index in [1.54, 1.807) is 0 Å². The molecule has 20 heavy (non-hydrogen) atoms. The smallest absolute Gasteiger partial charge is 0.0661 e. The molecule has 0 saturated heterocycles. The first kappa shape index (κ1) is 15.4. The Morgan fingerprint density at radius 1 is 1.25 bits per heavy atom. The lowest BCUT2D eigenvalue weighted by Gasteiger charge is -2.34. The minimum absolute atomic E-state index is 0.116.